The Morgan fingerprint density at radius 2 is 0.881 bits per heavy atom. The fourth-order valence-electron chi connectivity index (χ4n) is 8.11. The maximum atomic E-state index is 7.38. The molecule has 206 valence electrons. The molecule has 0 saturated heterocycles. The number of hydrogen-bond acceptors (Lipinski definition) is 0. The van der Waals surface area contributed by atoms with Gasteiger partial charge < -0.3 is 17.9 Å². The van der Waals surface area contributed by atoms with Crippen molar-refractivity contribution >= 4 is 113 Å². The molecule has 0 amide bonds. The molecule has 4 aliphatic rings. The van der Waals surface area contributed by atoms with E-state index in [-0.39, 0.29) is 0 Å². The van der Waals surface area contributed by atoms with E-state index in [0.717, 1.165) is 89.4 Å². The Balaban J connectivity index is 1.32. The number of benzene rings is 3. The summed E-state index contributed by atoms with van der Waals surface area (Å²) in [6.45, 7) is 8.40. The van der Waals surface area contributed by atoms with E-state index >= 15 is 0 Å². The molecule has 5 aromatic rings. The number of aryl methyl sites for hydroxylation is 2. The second kappa shape index (κ2) is 7.86. The van der Waals surface area contributed by atoms with Crippen LogP contribution in [0.25, 0.3) is 45.1 Å². The molecule has 0 spiro atoms. The van der Waals surface area contributed by atoms with Gasteiger partial charge in [0.25, 0.3) is 0 Å². The lowest BCUT2D eigenvalue weighted by molar-refractivity contribution is -0.275. The van der Waals surface area contributed by atoms with Crippen molar-refractivity contribution in [1.82, 2.24) is 8.96 Å². The minimum absolute atomic E-state index is 1.01. The van der Waals surface area contributed by atoms with Crippen molar-refractivity contribution in [2.75, 3.05) is 0 Å². The van der Waals surface area contributed by atoms with E-state index in [1.807, 2.05) is 0 Å². The average molecular weight is 628 g/mol. The standard InChI is InChI=1S/C32H24B2Cl4N4/c1-17-21-9-5-7-11-23(21)29-15-31-27-14-26-20(4)42-32(28(26)13-25(27)19(3)41(31)33(35,36)39(17)29)16-30-24-12-8-6-10-22(24)18(2)40(30)34(42,37)38/h5-16H,1-4H3. The second-order valence-electron chi connectivity index (χ2n) is 11.9. The summed E-state index contributed by atoms with van der Waals surface area (Å²) in [5, 5.41) is 0.281. The molecule has 2 aromatic heterocycles. The van der Waals surface area contributed by atoms with Crippen molar-refractivity contribution in [3.8, 4) is 0 Å². The summed E-state index contributed by atoms with van der Waals surface area (Å²) in [6, 6.07) is 21.3. The highest BCUT2D eigenvalue weighted by Gasteiger charge is 2.52. The van der Waals surface area contributed by atoms with Crippen LogP contribution in [0, 0.1) is 13.8 Å². The maximum absolute atomic E-state index is 7.38. The molecule has 4 aliphatic heterocycles. The third-order valence-electron chi connectivity index (χ3n) is 9.95. The topological polar surface area (TPSA) is 15.9 Å². The van der Waals surface area contributed by atoms with Crippen molar-refractivity contribution in [2.24, 2.45) is 0 Å². The molecule has 3 aromatic carbocycles. The highest BCUT2D eigenvalue weighted by atomic mass is 35.5. The molecule has 0 aliphatic carbocycles. The van der Waals surface area contributed by atoms with Crippen LogP contribution in [-0.4, -0.2) is 39.8 Å². The Morgan fingerprint density at radius 1 is 0.524 bits per heavy atom. The lowest BCUT2D eigenvalue weighted by Gasteiger charge is -2.34. The van der Waals surface area contributed by atoms with Gasteiger partial charge in [0.2, 0.25) is 0 Å². The lowest BCUT2D eigenvalue weighted by atomic mass is 9.92. The van der Waals surface area contributed by atoms with Crippen molar-refractivity contribution in [1.29, 1.82) is 0 Å². The van der Waals surface area contributed by atoms with Crippen molar-refractivity contribution < 1.29 is 8.97 Å². The summed E-state index contributed by atoms with van der Waals surface area (Å²) < 4.78 is 8.43. The minimum atomic E-state index is -2.17. The summed E-state index contributed by atoms with van der Waals surface area (Å²) >= 11 is 29.5. The molecule has 0 radical (unpaired) electrons. The van der Waals surface area contributed by atoms with Gasteiger partial charge >= 0.3 is 10.5 Å². The number of hydrogen-bond donors (Lipinski definition) is 0. The third-order valence-corrected chi connectivity index (χ3v) is 11.5. The monoisotopic (exact) mass is 626 g/mol. The lowest BCUT2D eigenvalue weighted by Crippen LogP contribution is -2.48. The molecule has 9 rings (SSSR count). The molecule has 4 nitrogen and oxygen atoms in total. The minimum Gasteiger partial charge on any atom is -0.429 e. The Morgan fingerprint density at radius 3 is 1.26 bits per heavy atom. The Labute approximate surface area is 262 Å². The number of nitrogens with zero attached hydrogens (tertiary/aromatic N) is 4. The van der Waals surface area contributed by atoms with Gasteiger partial charge in [-0.2, -0.15) is 0 Å². The number of fused-ring (bicyclic) bond motifs is 12. The van der Waals surface area contributed by atoms with E-state index in [1.165, 1.54) is 0 Å². The van der Waals surface area contributed by atoms with Gasteiger partial charge in [-0.3, -0.25) is 45.8 Å². The zero-order valence-corrected chi connectivity index (χ0v) is 26.4. The van der Waals surface area contributed by atoms with E-state index in [1.54, 1.807) is 0 Å². The van der Waals surface area contributed by atoms with E-state index in [9.17, 15) is 0 Å². The molecule has 6 heterocycles. The third kappa shape index (κ3) is 2.77. The van der Waals surface area contributed by atoms with Crippen LogP contribution in [0.4, 0.5) is 0 Å². The normalized spacial score (nSPS) is 19.0. The Kier molecular flexibility index (Phi) is 4.75. The highest BCUT2D eigenvalue weighted by Crippen LogP contribution is 2.49. The van der Waals surface area contributed by atoms with Gasteiger partial charge in [0.05, 0.1) is 22.3 Å². The molecular weight excluding hydrogens is 604 g/mol. The molecule has 0 bridgehead atoms. The SMILES string of the molecule is CC1=[N+]2C(=Cc3c4ccccc4c(C)n3[B-]2(Cl)Cl)c2cc3c(cc21)C1=Cc2c4ccccc4c(C)n2[B-](Cl)(Cl)[N+]1=C3C. The van der Waals surface area contributed by atoms with Crippen LogP contribution < -0.4 is 0 Å². The fraction of sp³-hybridized carbons (Fsp3) is 0.125. The quantitative estimate of drug-likeness (QED) is 0.153. The summed E-state index contributed by atoms with van der Waals surface area (Å²) in [6.07, 6.45) is 4.47. The summed E-state index contributed by atoms with van der Waals surface area (Å²) in [4.78, 5) is 0. The van der Waals surface area contributed by atoms with Crippen molar-refractivity contribution in [2.45, 2.75) is 27.7 Å². The average Bonchev–Trinajstić information content (AvgIpc) is 3.62. The Hall–Kier alpha value is -3.15. The molecule has 10 heteroatoms. The molecule has 0 unspecified atom stereocenters. The molecular formula is C32H24B2Cl4N4. The van der Waals surface area contributed by atoms with Gasteiger partial charge in [0, 0.05) is 48.2 Å². The van der Waals surface area contributed by atoms with Crippen LogP contribution in [-0.2, 0) is 0 Å². The number of aromatic nitrogens is 2. The van der Waals surface area contributed by atoms with Gasteiger partial charge in [0.1, 0.15) is 11.4 Å². The molecule has 0 fully saturated rings. The first-order chi connectivity index (χ1) is 20.0. The molecule has 0 atom stereocenters. The molecule has 0 N–H and O–H groups in total. The first-order valence-corrected chi connectivity index (χ1v) is 15.9. The van der Waals surface area contributed by atoms with Crippen LogP contribution in [0.5, 0.6) is 0 Å². The number of halogens is 4. The van der Waals surface area contributed by atoms with Crippen molar-refractivity contribution in [3.05, 3.63) is 106 Å². The van der Waals surface area contributed by atoms with Gasteiger partial charge in [-0.1, -0.05) is 48.5 Å². The fourth-order valence-corrected chi connectivity index (χ4v) is 10.1. The summed E-state index contributed by atoms with van der Waals surface area (Å²) in [5.74, 6) is 0. The van der Waals surface area contributed by atoms with Crippen LogP contribution in [0.15, 0.2) is 60.7 Å². The zero-order valence-electron chi connectivity index (χ0n) is 23.4. The maximum Gasteiger partial charge on any atom is 0.554 e. The van der Waals surface area contributed by atoms with Crippen LogP contribution >= 0.6 is 45.8 Å². The van der Waals surface area contributed by atoms with Crippen LogP contribution in [0.1, 0.15) is 58.9 Å². The van der Waals surface area contributed by atoms with Crippen LogP contribution in [0.3, 0.4) is 0 Å². The van der Waals surface area contributed by atoms with Crippen LogP contribution in [0.2, 0.25) is 0 Å². The van der Waals surface area contributed by atoms with Gasteiger partial charge in [-0.15, -0.1) is 0 Å². The molecule has 42 heavy (non-hydrogen) atoms. The van der Waals surface area contributed by atoms with E-state index in [0.29, 0.717) is 0 Å². The molecule has 0 saturated carbocycles. The van der Waals surface area contributed by atoms with Gasteiger partial charge in [-0.05, 0) is 48.1 Å². The summed E-state index contributed by atoms with van der Waals surface area (Å²) in [5.41, 5.74) is 12.7. The Bertz CT molecular complexity index is 2140. The largest absolute Gasteiger partial charge is 0.554 e. The van der Waals surface area contributed by atoms with Gasteiger partial charge in [-0.25, -0.2) is 0 Å². The first kappa shape index (κ1) is 25.4. The number of rotatable bonds is 0. The van der Waals surface area contributed by atoms with E-state index in [2.05, 4.69) is 118 Å². The van der Waals surface area contributed by atoms with E-state index in [4.69, 9.17) is 45.8 Å². The predicted molar refractivity (Wildman–Crippen MR) is 181 cm³/mol. The summed E-state index contributed by atoms with van der Waals surface area (Å²) in [7, 11) is 0. The highest BCUT2D eigenvalue weighted by molar-refractivity contribution is 7.41. The smallest absolute Gasteiger partial charge is 0.429 e. The predicted octanol–water partition coefficient (Wildman–Crippen LogP) is 8.43. The van der Waals surface area contributed by atoms with Gasteiger partial charge in [0.15, 0.2) is 11.4 Å². The second-order valence-corrected chi connectivity index (χ2v) is 14.7. The van der Waals surface area contributed by atoms with Crippen molar-refractivity contribution in [3.63, 3.8) is 0 Å². The zero-order chi connectivity index (χ0) is 29.0. The first-order valence-electron chi connectivity index (χ1n) is 14.2. The van der Waals surface area contributed by atoms with E-state index < -0.39 is 10.5 Å².